The van der Waals surface area contributed by atoms with E-state index >= 15 is 0 Å². The average Bonchev–Trinajstić information content (AvgIpc) is 2.31. The maximum absolute atomic E-state index is 11.5. The molecule has 0 bridgehead atoms. The van der Waals surface area contributed by atoms with E-state index in [9.17, 15) is 4.79 Å². The van der Waals surface area contributed by atoms with Crippen molar-refractivity contribution in [2.24, 2.45) is 10.8 Å². The molecular weight excluding hydrogens is 164 g/mol. The maximum atomic E-state index is 11.5. The highest BCUT2D eigenvalue weighted by Crippen LogP contribution is 2.55. The van der Waals surface area contributed by atoms with Gasteiger partial charge in [-0.15, -0.1) is 0 Å². The molecule has 13 heavy (non-hydrogen) atoms. The van der Waals surface area contributed by atoms with Gasteiger partial charge in [0, 0.05) is 24.9 Å². The van der Waals surface area contributed by atoms with Crippen molar-refractivity contribution < 1.29 is 9.53 Å². The van der Waals surface area contributed by atoms with Gasteiger partial charge in [-0.05, 0) is 11.8 Å². The van der Waals surface area contributed by atoms with Crippen LogP contribution in [-0.4, -0.2) is 18.5 Å². The highest BCUT2D eigenvalue weighted by Gasteiger charge is 2.54. The van der Waals surface area contributed by atoms with E-state index in [1.54, 1.807) is 0 Å². The van der Waals surface area contributed by atoms with E-state index in [4.69, 9.17) is 4.74 Å². The van der Waals surface area contributed by atoms with Crippen molar-refractivity contribution in [2.75, 3.05) is 6.61 Å². The molecule has 0 radical (unpaired) electrons. The summed E-state index contributed by atoms with van der Waals surface area (Å²) < 4.78 is 5.65. The van der Waals surface area contributed by atoms with Crippen LogP contribution in [0.4, 0.5) is 0 Å². The molecule has 1 saturated heterocycles. The highest BCUT2D eigenvalue weighted by atomic mass is 16.5. The van der Waals surface area contributed by atoms with E-state index in [0.717, 1.165) is 19.4 Å². The van der Waals surface area contributed by atoms with Gasteiger partial charge in [-0.3, -0.25) is 4.79 Å². The van der Waals surface area contributed by atoms with Crippen molar-refractivity contribution in [2.45, 2.75) is 46.1 Å². The second-order valence-electron chi connectivity index (χ2n) is 5.33. The number of fused-ring (bicyclic) bond motifs is 1. The smallest absolute Gasteiger partial charge is 0.136 e. The summed E-state index contributed by atoms with van der Waals surface area (Å²) in [7, 11) is 0. The Hall–Kier alpha value is -0.370. The van der Waals surface area contributed by atoms with Gasteiger partial charge in [0.2, 0.25) is 0 Å². The van der Waals surface area contributed by atoms with Gasteiger partial charge in [-0.25, -0.2) is 0 Å². The highest BCUT2D eigenvalue weighted by molar-refractivity contribution is 5.81. The number of ketones is 1. The molecule has 2 aliphatic rings. The topological polar surface area (TPSA) is 26.3 Å². The first-order valence-corrected chi connectivity index (χ1v) is 5.09. The predicted octanol–water partition coefficient (Wildman–Crippen LogP) is 2.17. The van der Waals surface area contributed by atoms with Crippen LogP contribution in [0.5, 0.6) is 0 Å². The summed E-state index contributed by atoms with van der Waals surface area (Å²) in [5.41, 5.74) is 0.338. The number of ether oxygens (including phenoxy) is 1. The number of carbonyl (C=O) groups is 1. The molecule has 0 aromatic rings. The van der Waals surface area contributed by atoms with Crippen molar-refractivity contribution >= 4 is 5.78 Å². The molecule has 0 spiro atoms. The van der Waals surface area contributed by atoms with Crippen LogP contribution in [0.3, 0.4) is 0 Å². The first-order chi connectivity index (χ1) is 5.96. The Balaban J connectivity index is 2.33. The molecule has 2 heteroatoms. The van der Waals surface area contributed by atoms with Crippen LogP contribution in [0.2, 0.25) is 0 Å². The van der Waals surface area contributed by atoms with Crippen LogP contribution in [0.25, 0.3) is 0 Å². The molecule has 2 atom stereocenters. The molecule has 74 valence electrons. The number of hydrogen-bond donors (Lipinski definition) is 0. The van der Waals surface area contributed by atoms with Gasteiger partial charge in [-0.2, -0.15) is 0 Å². The summed E-state index contributed by atoms with van der Waals surface area (Å²) >= 11 is 0. The Bertz CT molecular complexity index is 244. The number of carbonyl (C=O) groups excluding carboxylic acids is 1. The molecule has 0 N–H and O–H groups in total. The average molecular weight is 182 g/mol. The minimum absolute atomic E-state index is 0.115. The number of Topliss-reactive ketones (excluding diaryl/α,β-unsaturated/α-hetero) is 1. The Morgan fingerprint density at radius 1 is 1.38 bits per heavy atom. The molecule has 0 aromatic carbocycles. The molecule has 1 heterocycles. The summed E-state index contributed by atoms with van der Waals surface area (Å²) in [6.07, 6.45) is 2.66. The molecule has 1 saturated carbocycles. The third-order valence-electron chi connectivity index (χ3n) is 4.25. The van der Waals surface area contributed by atoms with Crippen molar-refractivity contribution in [1.29, 1.82) is 0 Å². The molecule has 2 nitrogen and oxygen atoms in total. The minimum atomic E-state index is 0.115. The summed E-state index contributed by atoms with van der Waals surface area (Å²) in [6, 6.07) is 0. The SMILES string of the molecule is CC1(C)CC(=O)CC2OCCC21C. The Morgan fingerprint density at radius 2 is 2.08 bits per heavy atom. The van der Waals surface area contributed by atoms with Crippen LogP contribution in [0.1, 0.15) is 40.0 Å². The molecule has 1 aliphatic heterocycles. The molecular formula is C11H18O2. The fraction of sp³-hybridized carbons (Fsp3) is 0.909. The fourth-order valence-corrected chi connectivity index (χ4v) is 2.79. The first kappa shape index (κ1) is 9.20. The summed E-state index contributed by atoms with van der Waals surface area (Å²) in [6.45, 7) is 7.51. The largest absolute Gasteiger partial charge is 0.377 e. The summed E-state index contributed by atoms with van der Waals surface area (Å²) in [5.74, 6) is 0.370. The normalized spacial score (nSPS) is 43.3. The Labute approximate surface area is 79.7 Å². The Kier molecular flexibility index (Phi) is 1.82. The van der Waals surface area contributed by atoms with Gasteiger partial charge >= 0.3 is 0 Å². The van der Waals surface area contributed by atoms with E-state index < -0.39 is 0 Å². The first-order valence-electron chi connectivity index (χ1n) is 5.09. The zero-order valence-electron chi connectivity index (χ0n) is 8.72. The van der Waals surface area contributed by atoms with Crippen LogP contribution >= 0.6 is 0 Å². The molecule has 1 aliphatic carbocycles. The Morgan fingerprint density at radius 3 is 2.77 bits per heavy atom. The zero-order valence-corrected chi connectivity index (χ0v) is 8.72. The van der Waals surface area contributed by atoms with Crippen LogP contribution in [0, 0.1) is 10.8 Å². The lowest BCUT2D eigenvalue weighted by Crippen LogP contribution is -2.48. The standard InChI is InChI=1S/C11H18O2/c1-10(2)7-8(12)6-9-11(10,3)4-5-13-9/h9H,4-7H2,1-3H3. The van der Waals surface area contributed by atoms with Crippen LogP contribution in [0.15, 0.2) is 0 Å². The lowest BCUT2D eigenvalue weighted by atomic mass is 9.56. The van der Waals surface area contributed by atoms with Crippen molar-refractivity contribution in [3.63, 3.8) is 0 Å². The second-order valence-corrected chi connectivity index (χ2v) is 5.33. The van der Waals surface area contributed by atoms with E-state index in [1.165, 1.54) is 0 Å². The fourth-order valence-electron chi connectivity index (χ4n) is 2.79. The van der Waals surface area contributed by atoms with Crippen molar-refractivity contribution in [1.82, 2.24) is 0 Å². The summed E-state index contributed by atoms with van der Waals surface area (Å²) in [5, 5.41) is 0. The van der Waals surface area contributed by atoms with E-state index in [-0.39, 0.29) is 16.9 Å². The van der Waals surface area contributed by atoms with Gasteiger partial charge in [-0.1, -0.05) is 20.8 Å². The summed E-state index contributed by atoms with van der Waals surface area (Å²) in [4.78, 5) is 11.5. The van der Waals surface area contributed by atoms with E-state index in [2.05, 4.69) is 20.8 Å². The van der Waals surface area contributed by atoms with Crippen molar-refractivity contribution in [3.05, 3.63) is 0 Å². The lowest BCUT2D eigenvalue weighted by Gasteiger charge is -2.47. The van der Waals surface area contributed by atoms with Crippen LogP contribution in [-0.2, 0) is 9.53 Å². The molecule has 2 fully saturated rings. The third kappa shape index (κ3) is 1.15. The zero-order chi connectivity index (χ0) is 9.69. The number of rotatable bonds is 0. The van der Waals surface area contributed by atoms with Gasteiger partial charge in [0.15, 0.2) is 0 Å². The predicted molar refractivity (Wildman–Crippen MR) is 50.5 cm³/mol. The monoisotopic (exact) mass is 182 g/mol. The lowest BCUT2D eigenvalue weighted by molar-refractivity contribution is -0.136. The van der Waals surface area contributed by atoms with E-state index in [1.807, 2.05) is 0 Å². The second kappa shape index (κ2) is 2.57. The minimum Gasteiger partial charge on any atom is -0.377 e. The molecule has 2 rings (SSSR count). The van der Waals surface area contributed by atoms with E-state index in [0.29, 0.717) is 12.2 Å². The maximum Gasteiger partial charge on any atom is 0.136 e. The number of hydrogen-bond acceptors (Lipinski definition) is 2. The molecule has 2 unspecified atom stereocenters. The van der Waals surface area contributed by atoms with Gasteiger partial charge < -0.3 is 4.74 Å². The van der Waals surface area contributed by atoms with Crippen LogP contribution < -0.4 is 0 Å². The van der Waals surface area contributed by atoms with Gasteiger partial charge in [0.05, 0.1) is 6.10 Å². The molecule has 0 amide bonds. The van der Waals surface area contributed by atoms with Gasteiger partial charge in [0.1, 0.15) is 5.78 Å². The third-order valence-corrected chi connectivity index (χ3v) is 4.25. The molecule has 0 aromatic heterocycles. The van der Waals surface area contributed by atoms with Gasteiger partial charge in [0.25, 0.3) is 0 Å². The van der Waals surface area contributed by atoms with Crippen molar-refractivity contribution in [3.8, 4) is 0 Å². The quantitative estimate of drug-likeness (QED) is 0.574.